The van der Waals surface area contributed by atoms with E-state index in [1.54, 1.807) is 0 Å². The number of ether oxygens (including phenoxy) is 1. The van der Waals surface area contributed by atoms with Crippen LogP contribution in [0.2, 0.25) is 0 Å². The van der Waals surface area contributed by atoms with Crippen molar-refractivity contribution in [1.29, 1.82) is 0 Å². The van der Waals surface area contributed by atoms with E-state index in [0.29, 0.717) is 6.10 Å². The summed E-state index contributed by atoms with van der Waals surface area (Å²) in [5.41, 5.74) is 1.02. The third kappa shape index (κ3) is 3.60. The molecular weight excluding hydrogens is 226 g/mol. The molecule has 1 saturated carbocycles. The Hall–Kier alpha value is -1.29. The molecule has 1 fully saturated rings. The summed E-state index contributed by atoms with van der Waals surface area (Å²) in [6.07, 6.45) is 9.49. The van der Waals surface area contributed by atoms with Gasteiger partial charge in [0.05, 0.1) is 18.4 Å². The molecule has 0 unspecified atom stereocenters. The highest BCUT2D eigenvalue weighted by Gasteiger charge is 2.14. The van der Waals surface area contributed by atoms with Crippen LogP contribution in [0.3, 0.4) is 0 Å². The van der Waals surface area contributed by atoms with Crippen LogP contribution in [-0.2, 0) is 11.3 Å². The predicted molar refractivity (Wildman–Crippen MR) is 73.9 cm³/mol. The lowest BCUT2D eigenvalue weighted by atomic mass is 10.3. The van der Waals surface area contributed by atoms with Gasteiger partial charge in [0.15, 0.2) is 0 Å². The van der Waals surface area contributed by atoms with Gasteiger partial charge in [-0.2, -0.15) is 0 Å². The van der Waals surface area contributed by atoms with Gasteiger partial charge in [0.1, 0.15) is 0 Å². The number of nitrogens with zero attached hydrogens (tertiary/aromatic N) is 2. The molecule has 0 bridgehead atoms. The first-order chi connectivity index (χ1) is 8.79. The summed E-state index contributed by atoms with van der Waals surface area (Å²) in [5.74, 6) is 0.905. The molecule has 1 heterocycles. The molecule has 0 amide bonds. The number of hydrogen-bond acceptors (Lipinski definition) is 3. The monoisotopic (exact) mass is 249 g/mol. The molecule has 0 saturated heterocycles. The smallest absolute Gasteiger partial charge is 0.203 e. The summed E-state index contributed by atoms with van der Waals surface area (Å²) in [6.45, 7) is 8.10. The van der Waals surface area contributed by atoms with Crippen molar-refractivity contribution in [3.05, 3.63) is 24.5 Å². The summed E-state index contributed by atoms with van der Waals surface area (Å²) < 4.78 is 7.88. The molecule has 2 rings (SSSR count). The fourth-order valence-electron chi connectivity index (χ4n) is 2.41. The first kappa shape index (κ1) is 13.1. The second-order valence-corrected chi connectivity index (χ2v) is 4.85. The Morgan fingerprint density at radius 2 is 2.33 bits per heavy atom. The molecule has 4 heteroatoms. The van der Waals surface area contributed by atoms with Crippen LogP contribution in [-0.4, -0.2) is 28.8 Å². The van der Waals surface area contributed by atoms with Crippen molar-refractivity contribution in [2.24, 2.45) is 0 Å². The van der Waals surface area contributed by atoms with Crippen LogP contribution < -0.4 is 5.32 Å². The first-order valence-corrected chi connectivity index (χ1v) is 6.79. The second-order valence-electron chi connectivity index (χ2n) is 4.85. The Morgan fingerprint density at radius 1 is 1.56 bits per heavy atom. The van der Waals surface area contributed by atoms with Gasteiger partial charge < -0.3 is 14.6 Å². The van der Waals surface area contributed by atoms with E-state index in [4.69, 9.17) is 4.74 Å². The standard InChI is InChI=1S/C14H23N3O/c1-3-9-17-11-12(2)16-14(17)15-8-10-18-13-6-4-5-7-13/h3,11,13H,1,4-10H2,2H3,(H,15,16). The quantitative estimate of drug-likeness (QED) is 0.596. The van der Waals surface area contributed by atoms with Crippen LogP contribution >= 0.6 is 0 Å². The summed E-state index contributed by atoms with van der Waals surface area (Å²) in [4.78, 5) is 4.45. The maximum Gasteiger partial charge on any atom is 0.203 e. The predicted octanol–water partition coefficient (Wildman–Crippen LogP) is 2.75. The van der Waals surface area contributed by atoms with E-state index < -0.39 is 0 Å². The number of anilines is 1. The Bertz CT molecular complexity index is 380. The van der Waals surface area contributed by atoms with Gasteiger partial charge in [-0.25, -0.2) is 4.98 Å². The average molecular weight is 249 g/mol. The van der Waals surface area contributed by atoms with Gasteiger partial charge in [-0.3, -0.25) is 0 Å². The summed E-state index contributed by atoms with van der Waals surface area (Å²) >= 11 is 0. The highest BCUT2D eigenvalue weighted by Crippen LogP contribution is 2.20. The maximum absolute atomic E-state index is 5.81. The minimum atomic E-state index is 0.487. The molecular formula is C14H23N3O. The molecule has 0 spiro atoms. The average Bonchev–Trinajstić information content (AvgIpc) is 2.96. The zero-order valence-electron chi connectivity index (χ0n) is 11.2. The molecule has 0 aliphatic heterocycles. The number of imidazole rings is 1. The van der Waals surface area contributed by atoms with Crippen molar-refractivity contribution < 1.29 is 4.74 Å². The molecule has 18 heavy (non-hydrogen) atoms. The van der Waals surface area contributed by atoms with Crippen molar-refractivity contribution in [2.75, 3.05) is 18.5 Å². The van der Waals surface area contributed by atoms with Gasteiger partial charge in [-0.05, 0) is 19.8 Å². The highest BCUT2D eigenvalue weighted by atomic mass is 16.5. The van der Waals surface area contributed by atoms with E-state index in [1.165, 1.54) is 25.7 Å². The van der Waals surface area contributed by atoms with Gasteiger partial charge >= 0.3 is 0 Å². The van der Waals surface area contributed by atoms with Crippen LogP contribution in [0, 0.1) is 6.92 Å². The van der Waals surface area contributed by atoms with Gasteiger partial charge in [0.25, 0.3) is 0 Å². The fraction of sp³-hybridized carbons (Fsp3) is 0.643. The van der Waals surface area contributed by atoms with E-state index in [-0.39, 0.29) is 0 Å². The van der Waals surface area contributed by atoms with Crippen molar-refractivity contribution >= 4 is 5.95 Å². The lowest BCUT2D eigenvalue weighted by Crippen LogP contribution is -2.17. The van der Waals surface area contributed by atoms with E-state index in [9.17, 15) is 0 Å². The molecule has 1 aliphatic carbocycles. The Balaban J connectivity index is 1.73. The molecule has 0 atom stereocenters. The van der Waals surface area contributed by atoms with E-state index in [2.05, 4.69) is 21.4 Å². The van der Waals surface area contributed by atoms with Crippen LogP contribution in [0.5, 0.6) is 0 Å². The molecule has 100 valence electrons. The summed E-state index contributed by atoms with van der Waals surface area (Å²) in [6, 6.07) is 0. The molecule has 4 nitrogen and oxygen atoms in total. The number of aromatic nitrogens is 2. The van der Waals surface area contributed by atoms with E-state index >= 15 is 0 Å². The second kappa shape index (κ2) is 6.59. The molecule has 0 radical (unpaired) electrons. The zero-order chi connectivity index (χ0) is 12.8. The first-order valence-electron chi connectivity index (χ1n) is 6.79. The van der Waals surface area contributed by atoms with Crippen molar-refractivity contribution in [3.63, 3.8) is 0 Å². The number of nitrogens with one attached hydrogen (secondary N) is 1. The van der Waals surface area contributed by atoms with Crippen LogP contribution in [0.1, 0.15) is 31.4 Å². The van der Waals surface area contributed by atoms with Crippen molar-refractivity contribution in [2.45, 2.75) is 45.3 Å². The Labute approximate surface area is 109 Å². The minimum Gasteiger partial charge on any atom is -0.376 e. The van der Waals surface area contributed by atoms with Crippen molar-refractivity contribution in [1.82, 2.24) is 9.55 Å². The molecule has 1 aliphatic rings. The largest absolute Gasteiger partial charge is 0.376 e. The van der Waals surface area contributed by atoms with Crippen molar-refractivity contribution in [3.8, 4) is 0 Å². The zero-order valence-corrected chi connectivity index (χ0v) is 11.2. The number of aryl methyl sites for hydroxylation is 1. The third-order valence-corrected chi connectivity index (χ3v) is 3.26. The molecule has 1 aromatic rings. The highest BCUT2D eigenvalue weighted by molar-refractivity contribution is 5.29. The van der Waals surface area contributed by atoms with Gasteiger partial charge in [-0.15, -0.1) is 6.58 Å². The van der Waals surface area contributed by atoms with Gasteiger partial charge in [0, 0.05) is 19.3 Å². The lowest BCUT2D eigenvalue weighted by Gasteiger charge is -2.12. The maximum atomic E-state index is 5.81. The normalized spacial score (nSPS) is 16.1. The van der Waals surface area contributed by atoms with Crippen LogP contribution in [0.25, 0.3) is 0 Å². The molecule has 0 aromatic carbocycles. The molecule has 1 aromatic heterocycles. The van der Waals surface area contributed by atoms with Gasteiger partial charge in [-0.1, -0.05) is 18.9 Å². The molecule has 1 N–H and O–H groups in total. The number of hydrogen-bond donors (Lipinski definition) is 1. The summed E-state index contributed by atoms with van der Waals surface area (Å²) in [7, 11) is 0. The Kier molecular flexibility index (Phi) is 4.81. The van der Waals surface area contributed by atoms with Crippen LogP contribution in [0.4, 0.5) is 5.95 Å². The minimum absolute atomic E-state index is 0.487. The fourth-order valence-corrected chi connectivity index (χ4v) is 2.41. The number of rotatable bonds is 7. The van der Waals surface area contributed by atoms with Crippen LogP contribution in [0.15, 0.2) is 18.9 Å². The topological polar surface area (TPSA) is 39.1 Å². The van der Waals surface area contributed by atoms with Gasteiger partial charge in [0.2, 0.25) is 5.95 Å². The summed E-state index contributed by atoms with van der Waals surface area (Å²) in [5, 5.41) is 3.32. The third-order valence-electron chi connectivity index (χ3n) is 3.26. The Morgan fingerprint density at radius 3 is 3.06 bits per heavy atom. The number of allylic oxidation sites excluding steroid dienone is 1. The van der Waals surface area contributed by atoms with E-state index in [1.807, 2.05) is 19.2 Å². The SMILES string of the molecule is C=CCn1cc(C)nc1NCCOC1CCCC1. The lowest BCUT2D eigenvalue weighted by molar-refractivity contribution is 0.0658. The van der Waals surface area contributed by atoms with E-state index in [0.717, 1.165) is 31.3 Å².